The van der Waals surface area contributed by atoms with Gasteiger partial charge in [-0.3, -0.25) is 0 Å². The van der Waals surface area contributed by atoms with E-state index < -0.39 is 5.60 Å². The van der Waals surface area contributed by atoms with Crippen LogP contribution in [0.25, 0.3) is 0 Å². The topological polar surface area (TPSA) is 67.3 Å². The maximum Gasteiger partial charge on any atom is 0.410 e. The molecule has 1 spiro atoms. The number of halogens is 2. The van der Waals surface area contributed by atoms with Gasteiger partial charge < -0.3 is 15.0 Å². The first kappa shape index (κ1) is 19.5. The Hall–Kier alpha value is -1.27. The summed E-state index contributed by atoms with van der Waals surface area (Å²) >= 11 is 12.0. The van der Waals surface area contributed by atoms with Crippen LogP contribution in [0.5, 0.6) is 0 Å². The summed E-state index contributed by atoms with van der Waals surface area (Å²) in [6.07, 6.45) is 6.52. The Morgan fingerprint density at radius 1 is 1.31 bits per heavy atom. The minimum atomic E-state index is -0.452. The Balaban J connectivity index is 1.54. The molecule has 1 aromatic heterocycles. The van der Waals surface area contributed by atoms with Crippen molar-refractivity contribution in [1.82, 2.24) is 14.9 Å². The second-order valence-corrected chi connectivity index (χ2v) is 9.15. The molecule has 3 rings (SSSR count). The normalized spacial score (nSPS) is 26.2. The Morgan fingerprint density at radius 3 is 2.65 bits per heavy atom. The number of nitrogens with one attached hydrogen (secondary N) is 1. The molecule has 144 valence electrons. The number of anilines is 1. The number of rotatable bonds is 2. The maximum atomic E-state index is 12.3. The van der Waals surface area contributed by atoms with Gasteiger partial charge in [0.15, 0.2) is 0 Å². The molecule has 0 bridgehead atoms. The predicted octanol–water partition coefficient (Wildman–Crippen LogP) is 4.77. The molecule has 2 aliphatic rings. The molecule has 0 atom stereocenters. The number of likely N-dealkylation sites (tertiary alicyclic amines) is 1. The van der Waals surface area contributed by atoms with Crippen molar-refractivity contribution in [3.63, 3.8) is 0 Å². The van der Waals surface area contributed by atoms with E-state index in [0.29, 0.717) is 16.9 Å². The van der Waals surface area contributed by atoms with Gasteiger partial charge in [-0.1, -0.05) is 11.6 Å². The SMILES string of the molecule is CC(C)(C)OC(=O)N1CCC2(CCC(Nc3nc(Cl)ncc3Cl)CC2)C1. The van der Waals surface area contributed by atoms with Crippen LogP contribution in [0.1, 0.15) is 52.9 Å². The van der Waals surface area contributed by atoms with Crippen LogP contribution >= 0.6 is 23.2 Å². The first-order valence-electron chi connectivity index (χ1n) is 9.08. The molecule has 1 saturated heterocycles. The highest BCUT2D eigenvalue weighted by Gasteiger charge is 2.43. The number of carbonyl (C=O) groups is 1. The molecule has 1 amide bonds. The Morgan fingerprint density at radius 2 is 2.00 bits per heavy atom. The zero-order chi connectivity index (χ0) is 18.9. The Labute approximate surface area is 164 Å². The lowest BCUT2D eigenvalue weighted by molar-refractivity contribution is 0.0261. The highest BCUT2D eigenvalue weighted by molar-refractivity contribution is 6.33. The number of ether oxygens (including phenoxy) is 1. The van der Waals surface area contributed by atoms with Crippen LogP contribution in [0.2, 0.25) is 10.3 Å². The van der Waals surface area contributed by atoms with E-state index in [4.69, 9.17) is 27.9 Å². The molecule has 2 heterocycles. The molecule has 0 aromatic carbocycles. The second-order valence-electron chi connectivity index (χ2n) is 8.41. The summed E-state index contributed by atoms with van der Waals surface area (Å²) in [4.78, 5) is 22.2. The van der Waals surface area contributed by atoms with Gasteiger partial charge >= 0.3 is 6.09 Å². The maximum absolute atomic E-state index is 12.3. The molecular weight excluding hydrogens is 375 g/mol. The van der Waals surface area contributed by atoms with E-state index in [-0.39, 0.29) is 16.8 Å². The fourth-order valence-electron chi connectivity index (χ4n) is 3.84. The molecule has 0 radical (unpaired) electrons. The number of nitrogens with zero attached hydrogens (tertiary/aromatic N) is 3. The van der Waals surface area contributed by atoms with Gasteiger partial charge in [-0.15, -0.1) is 0 Å². The van der Waals surface area contributed by atoms with Crippen LogP contribution in [-0.4, -0.2) is 45.7 Å². The number of hydrogen-bond donors (Lipinski definition) is 1. The minimum absolute atomic E-state index is 0.188. The molecule has 1 aromatic rings. The van der Waals surface area contributed by atoms with Gasteiger partial charge in [0, 0.05) is 19.1 Å². The first-order chi connectivity index (χ1) is 12.2. The Bertz CT molecular complexity index is 670. The van der Waals surface area contributed by atoms with Crippen molar-refractivity contribution in [3.05, 3.63) is 16.5 Å². The second kappa shape index (κ2) is 7.39. The van der Waals surface area contributed by atoms with Crippen molar-refractivity contribution >= 4 is 35.1 Å². The highest BCUT2D eigenvalue weighted by atomic mass is 35.5. The average molecular weight is 401 g/mol. The lowest BCUT2D eigenvalue weighted by atomic mass is 9.72. The molecule has 1 aliphatic carbocycles. The lowest BCUT2D eigenvalue weighted by Gasteiger charge is -2.37. The fourth-order valence-corrected chi connectivity index (χ4v) is 4.12. The van der Waals surface area contributed by atoms with Gasteiger partial charge in [0.25, 0.3) is 0 Å². The molecule has 1 saturated carbocycles. The van der Waals surface area contributed by atoms with E-state index in [0.717, 1.165) is 45.2 Å². The standard InChI is InChI=1S/C18H26Cl2N4O2/c1-17(2,3)26-16(25)24-9-8-18(11-24)6-4-12(5-7-18)22-14-13(19)10-21-15(20)23-14/h10,12H,4-9,11H2,1-3H3,(H,21,22,23). The molecule has 1 aliphatic heterocycles. The van der Waals surface area contributed by atoms with Crippen molar-refractivity contribution in [1.29, 1.82) is 0 Å². The zero-order valence-electron chi connectivity index (χ0n) is 15.5. The third kappa shape index (κ3) is 4.71. The number of hydrogen-bond acceptors (Lipinski definition) is 5. The molecule has 0 unspecified atom stereocenters. The largest absolute Gasteiger partial charge is 0.444 e. The monoisotopic (exact) mass is 400 g/mol. The number of amides is 1. The van der Waals surface area contributed by atoms with Crippen LogP contribution in [0.4, 0.5) is 10.6 Å². The van der Waals surface area contributed by atoms with Crippen LogP contribution in [0, 0.1) is 5.41 Å². The summed E-state index contributed by atoms with van der Waals surface area (Å²) in [5.41, 5.74) is -0.241. The van der Waals surface area contributed by atoms with Crippen molar-refractivity contribution in [2.45, 2.75) is 64.5 Å². The van der Waals surface area contributed by atoms with E-state index in [1.54, 1.807) is 0 Å². The van der Waals surface area contributed by atoms with E-state index in [9.17, 15) is 4.79 Å². The first-order valence-corrected chi connectivity index (χ1v) is 9.84. The van der Waals surface area contributed by atoms with Crippen molar-refractivity contribution in [2.24, 2.45) is 5.41 Å². The summed E-state index contributed by atoms with van der Waals surface area (Å²) in [6.45, 7) is 7.27. The smallest absolute Gasteiger partial charge is 0.410 e. The molecule has 6 nitrogen and oxygen atoms in total. The Kier molecular flexibility index (Phi) is 5.54. The third-order valence-corrected chi connectivity index (χ3v) is 5.65. The van der Waals surface area contributed by atoms with Crippen molar-refractivity contribution in [2.75, 3.05) is 18.4 Å². The molecule has 26 heavy (non-hydrogen) atoms. The van der Waals surface area contributed by atoms with E-state index in [1.807, 2.05) is 25.7 Å². The summed E-state index contributed by atoms with van der Waals surface area (Å²) < 4.78 is 5.51. The van der Waals surface area contributed by atoms with Gasteiger partial charge in [-0.25, -0.2) is 9.78 Å². The lowest BCUT2D eigenvalue weighted by Crippen LogP contribution is -2.39. The fraction of sp³-hybridized carbons (Fsp3) is 0.722. The quantitative estimate of drug-likeness (QED) is 0.724. The van der Waals surface area contributed by atoms with Crippen LogP contribution < -0.4 is 5.32 Å². The van der Waals surface area contributed by atoms with Crippen LogP contribution in [0.3, 0.4) is 0 Å². The summed E-state index contributed by atoms with van der Waals surface area (Å²) in [7, 11) is 0. The zero-order valence-corrected chi connectivity index (χ0v) is 17.0. The van der Waals surface area contributed by atoms with Crippen LogP contribution in [0.15, 0.2) is 6.20 Å². The molecule has 1 N–H and O–H groups in total. The molecular formula is C18H26Cl2N4O2. The minimum Gasteiger partial charge on any atom is -0.444 e. The van der Waals surface area contributed by atoms with E-state index in [1.165, 1.54) is 6.20 Å². The molecule has 2 fully saturated rings. The average Bonchev–Trinajstić information content (AvgIpc) is 2.96. The molecule has 8 heteroatoms. The summed E-state index contributed by atoms with van der Waals surface area (Å²) in [5.74, 6) is 0.592. The summed E-state index contributed by atoms with van der Waals surface area (Å²) in [5, 5.41) is 4.05. The highest BCUT2D eigenvalue weighted by Crippen LogP contribution is 2.44. The van der Waals surface area contributed by atoms with E-state index in [2.05, 4.69) is 15.3 Å². The van der Waals surface area contributed by atoms with Crippen molar-refractivity contribution in [3.8, 4) is 0 Å². The third-order valence-electron chi connectivity index (χ3n) is 5.19. The van der Waals surface area contributed by atoms with Crippen LogP contribution in [-0.2, 0) is 4.74 Å². The number of aromatic nitrogens is 2. The van der Waals surface area contributed by atoms with Gasteiger partial charge in [0.05, 0.1) is 6.20 Å². The number of carbonyl (C=O) groups excluding carboxylic acids is 1. The van der Waals surface area contributed by atoms with Gasteiger partial charge in [0.2, 0.25) is 5.28 Å². The van der Waals surface area contributed by atoms with Gasteiger partial charge in [-0.05, 0) is 69.9 Å². The predicted molar refractivity (Wildman–Crippen MR) is 103 cm³/mol. The van der Waals surface area contributed by atoms with E-state index >= 15 is 0 Å². The van der Waals surface area contributed by atoms with Crippen molar-refractivity contribution < 1.29 is 9.53 Å². The van der Waals surface area contributed by atoms with Gasteiger partial charge in [0.1, 0.15) is 16.4 Å². The summed E-state index contributed by atoms with van der Waals surface area (Å²) in [6, 6.07) is 0.305. The van der Waals surface area contributed by atoms with Gasteiger partial charge in [-0.2, -0.15) is 4.98 Å².